The molecule has 10 aromatic rings. The number of anilines is 3. The van der Waals surface area contributed by atoms with Crippen molar-refractivity contribution >= 4 is 29.2 Å². The molecule has 0 unspecified atom stereocenters. The number of hydrogen-bond donors (Lipinski definition) is 0. The van der Waals surface area contributed by atoms with Crippen molar-refractivity contribution in [3.8, 4) is 44.5 Å². The van der Waals surface area contributed by atoms with Crippen LogP contribution in [0.5, 0.6) is 0 Å². The Hall–Kier alpha value is -8.26. The average Bonchev–Trinajstić information content (AvgIpc) is 3.89. The lowest BCUT2D eigenvalue weighted by Crippen LogP contribution is -2.28. The third-order valence-electron chi connectivity index (χ3n) is 15.3. The fourth-order valence-corrected chi connectivity index (χ4v) is 11.9. The SMILES string of the molecule is CCC1(CC)c2cc(/C=C/c3cccc4c3-c3ccccc3C4(c3ccccc3)c3ccccc3)ccc2-c2ccc(N(c3ccc(-c4ccccc4)cc3)c3ccc(-c4ccccc4)cc3)cc21. The van der Waals surface area contributed by atoms with Crippen molar-refractivity contribution in [1.29, 1.82) is 0 Å². The molecule has 0 aromatic heterocycles. The molecule has 0 saturated carbocycles. The molecular formula is C68H53N. The Morgan fingerprint density at radius 2 is 0.812 bits per heavy atom. The zero-order valence-corrected chi connectivity index (χ0v) is 39.2. The molecule has 0 bridgehead atoms. The zero-order valence-electron chi connectivity index (χ0n) is 39.2. The number of rotatable bonds is 11. The van der Waals surface area contributed by atoms with Crippen LogP contribution in [0, 0.1) is 0 Å². The molecule has 0 atom stereocenters. The van der Waals surface area contributed by atoms with E-state index < -0.39 is 5.41 Å². The highest BCUT2D eigenvalue weighted by atomic mass is 15.1. The predicted octanol–water partition coefficient (Wildman–Crippen LogP) is 18.1. The summed E-state index contributed by atoms with van der Waals surface area (Å²) in [5.41, 5.74) is 23.5. The maximum atomic E-state index is 2.49. The van der Waals surface area contributed by atoms with Crippen LogP contribution in [0.4, 0.5) is 17.1 Å². The molecule has 0 radical (unpaired) electrons. The first-order valence-corrected chi connectivity index (χ1v) is 24.5. The third kappa shape index (κ3) is 6.91. The summed E-state index contributed by atoms with van der Waals surface area (Å²) in [6.45, 7) is 4.74. The van der Waals surface area contributed by atoms with E-state index in [1.807, 2.05) is 0 Å². The van der Waals surface area contributed by atoms with Gasteiger partial charge in [-0.1, -0.05) is 238 Å². The summed E-state index contributed by atoms with van der Waals surface area (Å²) in [4.78, 5) is 2.43. The van der Waals surface area contributed by atoms with Gasteiger partial charge in [0, 0.05) is 22.5 Å². The van der Waals surface area contributed by atoms with Gasteiger partial charge in [-0.05, 0) is 138 Å². The molecule has 10 aromatic carbocycles. The summed E-state index contributed by atoms with van der Waals surface area (Å²) >= 11 is 0. The summed E-state index contributed by atoms with van der Waals surface area (Å²) in [6.07, 6.45) is 6.70. The van der Waals surface area contributed by atoms with Crippen LogP contribution >= 0.6 is 0 Å². The molecule has 0 saturated heterocycles. The lowest BCUT2D eigenvalue weighted by molar-refractivity contribution is 0.490. The van der Waals surface area contributed by atoms with Crippen molar-refractivity contribution in [3.05, 3.63) is 293 Å². The van der Waals surface area contributed by atoms with E-state index in [1.54, 1.807) is 0 Å². The molecular weight excluding hydrogens is 831 g/mol. The van der Waals surface area contributed by atoms with Gasteiger partial charge in [-0.15, -0.1) is 0 Å². The molecule has 0 aliphatic heterocycles. The molecule has 69 heavy (non-hydrogen) atoms. The minimum Gasteiger partial charge on any atom is -0.310 e. The topological polar surface area (TPSA) is 3.24 Å². The Labute approximate surface area is 407 Å². The van der Waals surface area contributed by atoms with Crippen LogP contribution in [0.15, 0.2) is 249 Å². The standard InChI is InChI=1S/C68H53N/c1-3-67(4-2)64-46-48(32-34-53-24-19-31-63-66(53)61-29-17-18-30-62(61)68(63,54-25-13-7-14-26-54)55-27-15-8-16-28-55)33-44-59(64)60-45-43-58(47-65(60)67)69(56-39-35-51(36-40-56)49-20-9-5-10-21-49)57-41-37-52(38-42-57)50-22-11-6-12-23-50/h5-47H,3-4H2,1-2H3/b34-32+. The minimum absolute atomic E-state index is 0.136. The summed E-state index contributed by atoms with van der Waals surface area (Å²) < 4.78 is 0. The Kier molecular flexibility index (Phi) is 10.6. The minimum atomic E-state index is -0.425. The van der Waals surface area contributed by atoms with Crippen LogP contribution in [0.3, 0.4) is 0 Å². The van der Waals surface area contributed by atoms with Crippen molar-refractivity contribution in [2.45, 2.75) is 37.5 Å². The van der Waals surface area contributed by atoms with Gasteiger partial charge in [-0.2, -0.15) is 0 Å². The fourth-order valence-electron chi connectivity index (χ4n) is 11.9. The van der Waals surface area contributed by atoms with Crippen LogP contribution in [0.2, 0.25) is 0 Å². The Morgan fingerprint density at radius 1 is 0.348 bits per heavy atom. The first kappa shape index (κ1) is 42.1. The zero-order chi connectivity index (χ0) is 46.4. The van der Waals surface area contributed by atoms with Crippen molar-refractivity contribution < 1.29 is 0 Å². The monoisotopic (exact) mass is 883 g/mol. The van der Waals surface area contributed by atoms with Gasteiger partial charge in [0.15, 0.2) is 0 Å². The van der Waals surface area contributed by atoms with Crippen molar-refractivity contribution in [3.63, 3.8) is 0 Å². The molecule has 1 heteroatoms. The van der Waals surface area contributed by atoms with E-state index in [1.165, 1.54) is 89.0 Å². The predicted molar refractivity (Wildman–Crippen MR) is 291 cm³/mol. The number of benzene rings is 10. The summed E-state index contributed by atoms with van der Waals surface area (Å²) in [5.74, 6) is 0. The van der Waals surface area contributed by atoms with Crippen molar-refractivity contribution in [2.24, 2.45) is 0 Å². The normalized spacial score (nSPS) is 13.7. The maximum Gasteiger partial charge on any atom is 0.0713 e. The summed E-state index contributed by atoms with van der Waals surface area (Å²) in [7, 11) is 0. The summed E-state index contributed by atoms with van der Waals surface area (Å²) in [6, 6.07) is 91.8. The van der Waals surface area contributed by atoms with E-state index in [9.17, 15) is 0 Å². The Balaban J connectivity index is 0.933. The fraction of sp³-hybridized carbons (Fsp3) is 0.0882. The quantitative estimate of drug-likeness (QED) is 0.117. The smallest absolute Gasteiger partial charge is 0.0713 e. The average molecular weight is 884 g/mol. The highest BCUT2D eigenvalue weighted by molar-refractivity contribution is 5.94. The third-order valence-corrected chi connectivity index (χ3v) is 15.3. The van der Waals surface area contributed by atoms with E-state index in [-0.39, 0.29) is 5.41 Å². The lowest BCUT2D eigenvalue weighted by Gasteiger charge is -2.33. The van der Waals surface area contributed by atoms with Crippen LogP contribution < -0.4 is 4.90 Å². The highest BCUT2D eigenvalue weighted by Crippen LogP contribution is 2.58. The van der Waals surface area contributed by atoms with Crippen molar-refractivity contribution in [1.82, 2.24) is 0 Å². The molecule has 0 N–H and O–H groups in total. The Morgan fingerprint density at radius 3 is 1.38 bits per heavy atom. The molecule has 1 nitrogen and oxygen atoms in total. The van der Waals surface area contributed by atoms with Gasteiger partial charge in [0.1, 0.15) is 0 Å². The second kappa shape index (κ2) is 17.4. The second-order valence-electron chi connectivity index (χ2n) is 18.6. The molecule has 2 aliphatic rings. The molecule has 12 rings (SSSR count). The van der Waals surface area contributed by atoms with Gasteiger partial charge in [-0.3, -0.25) is 0 Å². The molecule has 0 spiro atoms. The van der Waals surface area contributed by atoms with Gasteiger partial charge in [0.25, 0.3) is 0 Å². The van der Waals surface area contributed by atoms with E-state index in [4.69, 9.17) is 0 Å². The van der Waals surface area contributed by atoms with Crippen LogP contribution in [0.25, 0.3) is 56.7 Å². The van der Waals surface area contributed by atoms with Crippen LogP contribution in [0.1, 0.15) is 71.2 Å². The van der Waals surface area contributed by atoms with E-state index in [2.05, 4.69) is 280 Å². The van der Waals surface area contributed by atoms with Gasteiger partial charge in [0.05, 0.1) is 5.41 Å². The molecule has 0 heterocycles. The molecule has 2 aliphatic carbocycles. The van der Waals surface area contributed by atoms with E-state index in [0.29, 0.717) is 0 Å². The van der Waals surface area contributed by atoms with Gasteiger partial charge in [-0.25, -0.2) is 0 Å². The molecule has 0 fully saturated rings. The van der Waals surface area contributed by atoms with Gasteiger partial charge in [0.2, 0.25) is 0 Å². The van der Waals surface area contributed by atoms with Crippen LogP contribution in [-0.4, -0.2) is 0 Å². The van der Waals surface area contributed by atoms with Crippen molar-refractivity contribution in [2.75, 3.05) is 4.90 Å². The molecule has 0 amide bonds. The number of hydrogen-bond acceptors (Lipinski definition) is 1. The van der Waals surface area contributed by atoms with E-state index >= 15 is 0 Å². The second-order valence-corrected chi connectivity index (χ2v) is 18.6. The highest BCUT2D eigenvalue weighted by Gasteiger charge is 2.46. The number of nitrogens with zero attached hydrogens (tertiary/aromatic N) is 1. The summed E-state index contributed by atoms with van der Waals surface area (Å²) in [5, 5.41) is 0. The van der Waals surface area contributed by atoms with Gasteiger partial charge < -0.3 is 4.90 Å². The van der Waals surface area contributed by atoms with Crippen LogP contribution in [-0.2, 0) is 10.8 Å². The molecule has 330 valence electrons. The lowest BCUT2D eigenvalue weighted by atomic mass is 9.67. The maximum absolute atomic E-state index is 2.49. The first-order valence-electron chi connectivity index (χ1n) is 24.5. The largest absolute Gasteiger partial charge is 0.310 e. The van der Waals surface area contributed by atoms with Gasteiger partial charge >= 0.3 is 0 Å². The number of fused-ring (bicyclic) bond motifs is 6. The van der Waals surface area contributed by atoms with E-state index in [0.717, 1.165) is 29.9 Å². The Bertz CT molecular complexity index is 3350. The first-order chi connectivity index (χ1) is 34.1.